The van der Waals surface area contributed by atoms with Crippen molar-refractivity contribution in [3.05, 3.63) is 81.3 Å². The molecule has 0 bridgehead atoms. The highest BCUT2D eigenvalue weighted by molar-refractivity contribution is 9.10. The van der Waals surface area contributed by atoms with E-state index in [4.69, 9.17) is 5.11 Å². The summed E-state index contributed by atoms with van der Waals surface area (Å²) in [5.41, 5.74) is 2.42. The van der Waals surface area contributed by atoms with E-state index in [0.29, 0.717) is 18.4 Å². The third-order valence-corrected chi connectivity index (χ3v) is 4.41. The van der Waals surface area contributed by atoms with Crippen molar-refractivity contribution in [3.63, 3.8) is 0 Å². The number of carboxylic acids is 2. The minimum Gasteiger partial charge on any atom is -0.481 e. The number of allylic oxidation sites excluding steroid dienone is 1. The predicted octanol–water partition coefficient (Wildman–Crippen LogP) is 4.09. The van der Waals surface area contributed by atoms with Gasteiger partial charge < -0.3 is 10.2 Å². The van der Waals surface area contributed by atoms with E-state index in [-0.39, 0.29) is 5.57 Å². The molecule has 0 spiro atoms. The van der Waals surface area contributed by atoms with E-state index in [0.717, 1.165) is 15.6 Å². The summed E-state index contributed by atoms with van der Waals surface area (Å²) in [6, 6.07) is 17.0. The average Bonchev–Trinajstić information content (AvgIpc) is 2.54. The van der Waals surface area contributed by atoms with E-state index in [9.17, 15) is 14.7 Å². The minimum atomic E-state index is -1.18. The van der Waals surface area contributed by atoms with Crippen LogP contribution in [-0.2, 0) is 22.4 Å². The van der Waals surface area contributed by atoms with Crippen molar-refractivity contribution in [1.29, 1.82) is 0 Å². The van der Waals surface area contributed by atoms with Gasteiger partial charge in [0.25, 0.3) is 0 Å². The van der Waals surface area contributed by atoms with Crippen LogP contribution in [0.2, 0.25) is 0 Å². The van der Waals surface area contributed by atoms with Gasteiger partial charge in [-0.05, 0) is 30.0 Å². The Morgan fingerprint density at radius 3 is 2.08 bits per heavy atom. The first-order chi connectivity index (χ1) is 11.5. The first-order valence-corrected chi connectivity index (χ1v) is 8.20. The van der Waals surface area contributed by atoms with E-state index in [2.05, 4.69) is 15.9 Å². The number of aliphatic carboxylic acids is 2. The SMILES string of the molecule is O=C(O)CC(C(=O)O)=C(Cc1ccccc1)Cc1ccccc1Br. The molecule has 0 saturated heterocycles. The summed E-state index contributed by atoms with van der Waals surface area (Å²) >= 11 is 3.46. The lowest BCUT2D eigenvalue weighted by Gasteiger charge is -2.13. The Morgan fingerprint density at radius 1 is 0.875 bits per heavy atom. The van der Waals surface area contributed by atoms with Gasteiger partial charge in [0.15, 0.2) is 0 Å². The number of hydrogen-bond donors (Lipinski definition) is 2. The van der Waals surface area contributed by atoms with Crippen molar-refractivity contribution in [2.75, 3.05) is 0 Å². The smallest absolute Gasteiger partial charge is 0.332 e. The molecule has 2 N–H and O–H groups in total. The molecule has 0 saturated carbocycles. The van der Waals surface area contributed by atoms with E-state index in [1.54, 1.807) is 0 Å². The van der Waals surface area contributed by atoms with Gasteiger partial charge in [-0.25, -0.2) is 4.79 Å². The van der Waals surface area contributed by atoms with Crippen molar-refractivity contribution in [2.45, 2.75) is 19.3 Å². The first kappa shape index (κ1) is 17.9. The van der Waals surface area contributed by atoms with E-state index >= 15 is 0 Å². The second kappa shape index (κ2) is 8.45. The fourth-order valence-electron chi connectivity index (χ4n) is 2.49. The highest BCUT2D eigenvalue weighted by Gasteiger charge is 2.19. The van der Waals surface area contributed by atoms with Crippen LogP contribution in [0.15, 0.2) is 70.2 Å². The maximum Gasteiger partial charge on any atom is 0.332 e. The third-order valence-electron chi connectivity index (χ3n) is 3.63. The van der Waals surface area contributed by atoms with Gasteiger partial charge in [-0.3, -0.25) is 4.79 Å². The number of carboxylic acid groups (broad SMARTS) is 2. The van der Waals surface area contributed by atoms with Gasteiger partial charge in [-0.1, -0.05) is 70.0 Å². The molecule has 4 nitrogen and oxygen atoms in total. The molecule has 0 aliphatic carbocycles. The summed E-state index contributed by atoms with van der Waals surface area (Å²) in [5, 5.41) is 18.5. The second-order valence-electron chi connectivity index (χ2n) is 5.39. The van der Waals surface area contributed by atoms with Gasteiger partial charge in [-0.15, -0.1) is 0 Å². The maximum absolute atomic E-state index is 11.6. The Kier molecular flexibility index (Phi) is 6.32. The fraction of sp³-hybridized carbons (Fsp3) is 0.158. The lowest BCUT2D eigenvalue weighted by Crippen LogP contribution is -2.13. The molecular formula is C19H17BrO4. The number of carbonyl (C=O) groups is 2. The monoisotopic (exact) mass is 388 g/mol. The summed E-state index contributed by atoms with van der Waals surface area (Å²) < 4.78 is 0.871. The topological polar surface area (TPSA) is 74.6 Å². The molecule has 2 rings (SSSR count). The summed E-state index contributed by atoms with van der Waals surface area (Å²) in [6.45, 7) is 0. The highest BCUT2D eigenvalue weighted by Crippen LogP contribution is 2.24. The standard InChI is InChI=1S/C19H17BrO4/c20-17-9-5-4-8-14(17)11-15(10-13-6-2-1-3-7-13)16(19(23)24)12-18(21)22/h1-9H,10-12H2,(H,21,22)(H,23,24). The molecular weight excluding hydrogens is 372 g/mol. The summed E-state index contributed by atoms with van der Waals surface area (Å²) in [7, 11) is 0. The van der Waals surface area contributed by atoms with Gasteiger partial charge in [0, 0.05) is 10.0 Å². The quantitative estimate of drug-likeness (QED) is 0.700. The Bertz CT molecular complexity index is 766. The Morgan fingerprint density at radius 2 is 1.50 bits per heavy atom. The van der Waals surface area contributed by atoms with Crippen LogP contribution in [0, 0.1) is 0 Å². The molecule has 5 heteroatoms. The molecule has 124 valence electrons. The van der Waals surface area contributed by atoms with Crippen molar-refractivity contribution < 1.29 is 19.8 Å². The van der Waals surface area contributed by atoms with E-state index in [1.807, 2.05) is 54.6 Å². The number of rotatable bonds is 7. The maximum atomic E-state index is 11.6. The zero-order chi connectivity index (χ0) is 17.5. The number of benzene rings is 2. The van der Waals surface area contributed by atoms with Crippen LogP contribution < -0.4 is 0 Å². The molecule has 0 aliphatic rings. The van der Waals surface area contributed by atoms with Gasteiger partial charge in [0.05, 0.1) is 6.42 Å². The third kappa shape index (κ3) is 5.06. The van der Waals surface area contributed by atoms with Crippen LogP contribution in [0.4, 0.5) is 0 Å². The van der Waals surface area contributed by atoms with Gasteiger partial charge >= 0.3 is 11.9 Å². The molecule has 0 heterocycles. The van der Waals surface area contributed by atoms with E-state index in [1.165, 1.54) is 0 Å². The van der Waals surface area contributed by atoms with Gasteiger partial charge in [0.2, 0.25) is 0 Å². The van der Waals surface area contributed by atoms with Crippen molar-refractivity contribution in [3.8, 4) is 0 Å². The second-order valence-corrected chi connectivity index (χ2v) is 6.24. The largest absolute Gasteiger partial charge is 0.481 e. The predicted molar refractivity (Wildman–Crippen MR) is 94.9 cm³/mol. The minimum absolute atomic E-state index is 0.0536. The zero-order valence-corrected chi connectivity index (χ0v) is 14.5. The molecule has 0 radical (unpaired) electrons. The molecule has 0 unspecified atom stereocenters. The zero-order valence-electron chi connectivity index (χ0n) is 12.9. The summed E-state index contributed by atoms with van der Waals surface area (Å²) in [5.74, 6) is -2.33. The van der Waals surface area contributed by atoms with Crippen LogP contribution in [0.25, 0.3) is 0 Å². The average molecular weight is 389 g/mol. The molecule has 0 atom stereocenters. The van der Waals surface area contributed by atoms with Crippen LogP contribution >= 0.6 is 15.9 Å². The fourth-order valence-corrected chi connectivity index (χ4v) is 2.92. The molecule has 0 fully saturated rings. The van der Waals surface area contributed by atoms with Gasteiger partial charge in [0.1, 0.15) is 0 Å². The molecule has 0 aliphatic heterocycles. The molecule has 24 heavy (non-hydrogen) atoms. The highest BCUT2D eigenvalue weighted by atomic mass is 79.9. The van der Waals surface area contributed by atoms with Crippen LogP contribution in [0.3, 0.4) is 0 Å². The van der Waals surface area contributed by atoms with Gasteiger partial charge in [-0.2, -0.15) is 0 Å². The summed E-state index contributed by atoms with van der Waals surface area (Å²) in [6.07, 6.45) is 0.282. The Balaban J connectivity index is 2.45. The lowest BCUT2D eigenvalue weighted by atomic mass is 9.92. The first-order valence-electron chi connectivity index (χ1n) is 7.40. The summed E-state index contributed by atoms with van der Waals surface area (Å²) in [4.78, 5) is 22.7. The number of halogens is 1. The van der Waals surface area contributed by atoms with Crippen molar-refractivity contribution in [2.24, 2.45) is 0 Å². The molecule has 0 aromatic heterocycles. The Labute approximate surface area is 148 Å². The van der Waals surface area contributed by atoms with Crippen molar-refractivity contribution in [1.82, 2.24) is 0 Å². The van der Waals surface area contributed by atoms with Crippen molar-refractivity contribution >= 4 is 27.9 Å². The van der Waals surface area contributed by atoms with Crippen LogP contribution in [0.5, 0.6) is 0 Å². The number of hydrogen-bond acceptors (Lipinski definition) is 2. The molecule has 2 aromatic carbocycles. The Hall–Kier alpha value is -2.40. The van der Waals surface area contributed by atoms with Crippen LogP contribution in [0.1, 0.15) is 17.5 Å². The lowest BCUT2D eigenvalue weighted by molar-refractivity contribution is -0.139. The molecule has 0 amide bonds. The van der Waals surface area contributed by atoms with E-state index < -0.39 is 18.4 Å². The molecule has 2 aromatic rings. The normalized spacial score (nSPS) is 11.7. The van der Waals surface area contributed by atoms with Crippen LogP contribution in [-0.4, -0.2) is 22.2 Å².